The lowest BCUT2D eigenvalue weighted by molar-refractivity contribution is 0.325. The lowest BCUT2D eigenvalue weighted by Crippen LogP contribution is -2.17. The molecule has 1 atom stereocenters. The molecule has 0 spiro atoms. The Hall–Kier alpha value is -1.46. The molecule has 0 aliphatic heterocycles. The van der Waals surface area contributed by atoms with E-state index in [0.29, 0.717) is 19.1 Å². The molecule has 92 valence electrons. The van der Waals surface area contributed by atoms with Crippen LogP contribution >= 0.6 is 0 Å². The second-order valence-corrected chi connectivity index (χ2v) is 4.11. The summed E-state index contributed by atoms with van der Waals surface area (Å²) in [6, 6.07) is 6.66. The number of ether oxygens (including phenoxy) is 1. The summed E-state index contributed by atoms with van der Waals surface area (Å²) in [6.45, 7) is 7.89. The molecular weight excluding hydrogens is 210 g/mol. The van der Waals surface area contributed by atoms with E-state index in [0.717, 1.165) is 17.9 Å². The minimum atomic E-state index is 0.374. The summed E-state index contributed by atoms with van der Waals surface area (Å²) < 4.78 is 5.61. The van der Waals surface area contributed by atoms with Gasteiger partial charge in [0.1, 0.15) is 5.75 Å². The van der Waals surface area contributed by atoms with Gasteiger partial charge in [-0.2, -0.15) is 0 Å². The molecule has 2 nitrogen and oxygen atoms in total. The van der Waals surface area contributed by atoms with Gasteiger partial charge in [-0.25, -0.2) is 0 Å². The average Bonchev–Trinajstić information content (AvgIpc) is 2.31. The van der Waals surface area contributed by atoms with Crippen LogP contribution in [-0.4, -0.2) is 13.2 Å². The Bertz CT molecular complexity index is 392. The van der Waals surface area contributed by atoms with Crippen LogP contribution in [0.5, 0.6) is 5.75 Å². The Morgan fingerprint density at radius 2 is 2.24 bits per heavy atom. The zero-order valence-corrected chi connectivity index (χ0v) is 10.9. The van der Waals surface area contributed by atoms with Gasteiger partial charge in [0, 0.05) is 12.5 Å². The molecule has 1 unspecified atom stereocenters. The first-order chi connectivity index (χ1) is 8.19. The van der Waals surface area contributed by atoms with Crippen molar-refractivity contribution in [2.75, 3.05) is 13.2 Å². The third-order valence-corrected chi connectivity index (χ3v) is 2.71. The van der Waals surface area contributed by atoms with E-state index in [1.807, 2.05) is 6.07 Å². The lowest BCUT2D eigenvalue weighted by Gasteiger charge is -2.15. The van der Waals surface area contributed by atoms with Crippen LogP contribution in [0.1, 0.15) is 37.4 Å². The smallest absolute Gasteiger partial charge is 0.122 e. The van der Waals surface area contributed by atoms with E-state index in [9.17, 15) is 0 Å². The van der Waals surface area contributed by atoms with Gasteiger partial charge < -0.3 is 10.1 Å². The molecule has 0 saturated heterocycles. The van der Waals surface area contributed by atoms with Gasteiger partial charge in [-0.1, -0.05) is 19.1 Å². The van der Waals surface area contributed by atoms with Crippen molar-refractivity contribution >= 4 is 0 Å². The number of aryl methyl sites for hydroxylation is 1. The molecule has 0 aliphatic rings. The van der Waals surface area contributed by atoms with E-state index in [1.165, 1.54) is 5.56 Å². The molecule has 0 aliphatic carbocycles. The Labute approximate surface area is 104 Å². The summed E-state index contributed by atoms with van der Waals surface area (Å²) in [7, 11) is 0. The fraction of sp³-hybridized carbons (Fsp3) is 0.467. The van der Waals surface area contributed by atoms with Gasteiger partial charge >= 0.3 is 0 Å². The zero-order valence-electron chi connectivity index (χ0n) is 10.9. The molecule has 1 N–H and O–H groups in total. The first-order valence-corrected chi connectivity index (χ1v) is 6.09. The Morgan fingerprint density at radius 3 is 2.82 bits per heavy atom. The van der Waals surface area contributed by atoms with Crippen LogP contribution in [0.15, 0.2) is 18.2 Å². The van der Waals surface area contributed by atoms with Crippen LogP contribution in [-0.2, 0) is 0 Å². The Kier molecular flexibility index (Phi) is 5.59. The predicted octanol–water partition coefficient (Wildman–Crippen LogP) is 3.07. The molecule has 17 heavy (non-hydrogen) atoms. The number of rotatable bonds is 6. The maximum Gasteiger partial charge on any atom is 0.122 e. The van der Waals surface area contributed by atoms with Crippen molar-refractivity contribution < 1.29 is 4.74 Å². The van der Waals surface area contributed by atoms with Crippen molar-refractivity contribution in [1.29, 1.82) is 0 Å². The topological polar surface area (TPSA) is 21.3 Å². The average molecular weight is 231 g/mol. The summed E-state index contributed by atoms with van der Waals surface area (Å²) in [5.74, 6) is 3.49. The van der Waals surface area contributed by atoms with E-state index in [1.54, 1.807) is 0 Å². The van der Waals surface area contributed by atoms with E-state index in [4.69, 9.17) is 11.2 Å². The van der Waals surface area contributed by atoms with Crippen LogP contribution in [0.25, 0.3) is 0 Å². The van der Waals surface area contributed by atoms with Crippen molar-refractivity contribution in [2.45, 2.75) is 33.2 Å². The quantitative estimate of drug-likeness (QED) is 0.600. The van der Waals surface area contributed by atoms with Gasteiger partial charge in [0.2, 0.25) is 0 Å². The normalized spacial score (nSPS) is 11.9. The molecule has 0 heterocycles. The Morgan fingerprint density at radius 1 is 1.47 bits per heavy atom. The van der Waals surface area contributed by atoms with Crippen LogP contribution in [0, 0.1) is 19.3 Å². The third kappa shape index (κ3) is 4.13. The fourth-order valence-electron chi connectivity index (χ4n) is 1.75. The lowest BCUT2D eigenvalue weighted by atomic mass is 10.1. The van der Waals surface area contributed by atoms with Gasteiger partial charge in [0.25, 0.3) is 0 Å². The van der Waals surface area contributed by atoms with E-state index < -0.39 is 0 Å². The molecule has 1 aromatic carbocycles. The minimum absolute atomic E-state index is 0.374. The minimum Gasteiger partial charge on any atom is -0.492 e. The monoisotopic (exact) mass is 231 g/mol. The summed E-state index contributed by atoms with van der Waals surface area (Å²) >= 11 is 0. The van der Waals surface area contributed by atoms with Gasteiger partial charge in [0.05, 0.1) is 6.61 Å². The third-order valence-electron chi connectivity index (χ3n) is 2.71. The van der Waals surface area contributed by atoms with Gasteiger partial charge in [-0.05, 0) is 37.6 Å². The summed E-state index contributed by atoms with van der Waals surface area (Å²) in [6.07, 6.45) is 5.84. The number of hydrogen-bond donors (Lipinski definition) is 1. The molecule has 0 bridgehead atoms. The zero-order chi connectivity index (χ0) is 12.7. The Balaban J connectivity index is 2.69. The van der Waals surface area contributed by atoms with Crippen molar-refractivity contribution in [1.82, 2.24) is 5.32 Å². The maximum atomic E-state index is 5.61. The van der Waals surface area contributed by atoms with Crippen molar-refractivity contribution in [2.24, 2.45) is 0 Å². The van der Waals surface area contributed by atoms with Crippen LogP contribution in [0.3, 0.4) is 0 Å². The van der Waals surface area contributed by atoms with Crippen molar-refractivity contribution in [3.8, 4) is 18.1 Å². The second-order valence-electron chi connectivity index (χ2n) is 4.11. The van der Waals surface area contributed by atoms with Crippen LogP contribution in [0.2, 0.25) is 0 Å². The summed E-state index contributed by atoms with van der Waals surface area (Å²) in [5, 5.41) is 3.39. The fourth-order valence-corrected chi connectivity index (χ4v) is 1.75. The molecule has 0 fully saturated rings. The standard InChI is InChI=1S/C15H21NO/c1-5-7-10-17-15-9-8-14(11-12(15)3)13(4)16-6-2/h1,8-9,11,13,16H,6-7,10H2,2-4H3. The maximum absolute atomic E-state index is 5.61. The largest absolute Gasteiger partial charge is 0.492 e. The molecule has 0 aromatic heterocycles. The van der Waals surface area contributed by atoms with E-state index >= 15 is 0 Å². The highest BCUT2D eigenvalue weighted by Crippen LogP contribution is 2.22. The van der Waals surface area contributed by atoms with Gasteiger partial charge in [0.15, 0.2) is 0 Å². The second kappa shape index (κ2) is 6.98. The molecule has 1 aromatic rings. The van der Waals surface area contributed by atoms with Gasteiger partial charge in [-0.3, -0.25) is 0 Å². The molecule has 0 saturated carbocycles. The number of hydrogen-bond acceptors (Lipinski definition) is 2. The first kappa shape index (κ1) is 13.6. The molecular formula is C15H21NO. The first-order valence-electron chi connectivity index (χ1n) is 6.09. The molecule has 1 rings (SSSR count). The highest BCUT2D eigenvalue weighted by molar-refractivity contribution is 5.37. The van der Waals surface area contributed by atoms with E-state index in [-0.39, 0.29) is 0 Å². The van der Waals surface area contributed by atoms with Gasteiger partial charge in [-0.15, -0.1) is 12.3 Å². The van der Waals surface area contributed by atoms with Crippen LogP contribution < -0.4 is 10.1 Å². The molecule has 0 radical (unpaired) electrons. The molecule has 0 amide bonds. The van der Waals surface area contributed by atoms with E-state index in [2.05, 4.69) is 44.1 Å². The van der Waals surface area contributed by atoms with Crippen molar-refractivity contribution in [3.63, 3.8) is 0 Å². The number of benzene rings is 1. The highest BCUT2D eigenvalue weighted by Gasteiger charge is 2.06. The summed E-state index contributed by atoms with van der Waals surface area (Å²) in [5.41, 5.74) is 2.44. The van der Waals surface area contributed by atoms with Crippen molar-refractivity contribution in [3.05, 3.63) is 29.3 Å². The predicted molar refractivity (Wildman–Crippen MR) is 72.2 cm³/mol. The highest BCUT2D eigenvalue weighted by atomic mass is 16.5. The molecule has 2 heteroatoms. The SMILES string of the molecule is C#CCCOc1ccc(C(C)NCC)cc1C. The summed E-state index contributed by atoms with van der Waals surface area (Å²) in [4.78, 5) is 0. The number of nitrogens with one attached hydrogen (secondary N) is 1. The number of terminal acetylenes is 1. The van der Waals surface area contributed by atoms with Crippen LogP contribution in [0.4, 0.5) is 0 Å².